The highest BCUT2D eigenvalue weighted by atomic mass is 16.5. The Bertz CT molecular complexity index is 280. The molecule has 20 heavy (non-hydrogen) atoms. The summed E-state index contributed by atoms with van der Waals surface area (Å²) >= 11 is 0. The van der Waals surface area contributed by atoms with Crippen molar-refractivity contribution in [2.45, 2.75) is 66.0 Å². The maximum atomic E-state index is 12.0. The highest BCUT2D eigenvalue weighted by molar-refractivity contribution is 5.80. The molecule has 0 spiro atoms. The number of rotatable bonds is 10. The van der Waals surface area contributed by atoms with Gasteiger partial charge in [-0.2, -0.15) is 0 Å². The van der Waals surface area contributed by atoms with E-state index in [0.717, 1.165) is 25.9 Å². The quantitative estimate of drug-likeness (QED) is 0.627. The lowest BCUT2D eigenvalue weighted by molar-refractivity contribution is -0.150. The van der Waals surface area contributed by atoms with Gasteiger partial charge in [0, 0.05) is 12.6 Å². The van der Waals surface area contributed by atoms with Crippen molar-refractivity contribution in [3.8, 4) is 0 Å². The van der Waals surface area contributed by atoms with Gasteiger partial charge in [-0.05, 0) is 60.0 Å². The van der Waals surface area contributed by atoms with Gasteiger partial charge in [-0.25, -0.2) is 0 Å². The lowest BCUT2D eigenvalue weighted by Gasteiger charge is -2.31. The predicted octanol–water partition coefficient (Wildman–Crippen LogP) is 2.67. The highest BCUT2D eigenvalue weighted by Gasteiger charge is 2.32. The summed E-state index contributed by atoms with van der Waals surface area (Å²) in [4.78, 5) is 14.5. The molecule has 0 heterocycles. The van der Waals surface area contributed by atoms with E-state index in [9.17, 15) is 4.79 Å². The predicted molar refractivity (Wildman–Crippen MR) is 84.9 cm³/mol. The molecule has 0 amide bonds. The Hall–Kier alpha value is -0.610. The molecule has 0 aromatic rings. The fourth-order valence-corrected chi connectivity index (χ4v) is 2.28. The third kappa shape index (κ3) is 6.71. The molecule has 0 aliphatic rings. The molecule has 1 atom stereocenters. The summed E-state index contributed by atoms with van der Waals surface area (Å²) in [7, 11) is 1.82. The van der Waals surface area contributed by atoms with Crippen LogP contribution < -0.4 is 5.32 Å². The number of hydrogen-bond acceptors (Lipinski definition) is 4. The maximum Gasteiger partial charge on any atom is 0.326 e. The monoisotopic (exact) mass is 286 g/mol. The largest absolute Gasteiger partial charge is 0.465 e. The maximum absolute atomic E-state index is 12.0. The summed E-state index contributed by atoms with van der Waals surface area (Å²) < 4.78 is 5.15. The second-order valence-electron chi connectivity index (χ2n) is 6.39. The summed E-state index contributed by atoms with van der Waals surface area (Å²) in [6.45, 7) is 15.3. The molecule has 1 N–H and O–H groups in total. The van der Waals surface area contributed by atoms with Crippen LogP contribution in [0.1, 0.15) is 54.4 Å². The summed E-state index contributed by atoms with van der Waals surface area (Å²) in [6, 6.07) is 0.542. The normalized spacial score (nSPS) is 14.9. The first-order valence-corrected chi connectivity index (χ1v) is 7.87. The molecule has 0 aliphatic heterocycles. The minimum atomic E-state index is -0.573. The lowest BCUT2D eigenvalue weighted by Crippen LogP contribution is -2.49. The standard InChI is InChI=1S/C16H34N2O2/c1-8-20-15(19)16(6,17-7)10-9-11-18(14(4)5)12-13(2)3/h13-14,17H,8-12H2,1-7H3. The van der Waals surface area contributed by atoms with Crippen LogP contribution in [0.4, 0.5) is 0 Å². The first-order chi connectivity index (χ1) is 9.26. The number of nitrogens with zero attached hydrogens (tertiary/aromatic N) is 1. The van der Waals surface area contributed by atoms with Crippen LogP contribution in [-0.4, -0.2) is 49.2 Å². The van der Waals surface area contributed by atoms with Gasteiger partial charge in [0.2, 0.25) is 0 Å². The molecule has 0 aliphatic carbocycles. The van der Waals surface area contributed by atoms with E-state index in [1.165, 1.54) is 0 Å². The van der Waals surface area contributed by atoms with Crippen molar-refractivity contribution in [1.82, 2.24) is 10.2 Å². The van der Waals surface area contributed by atoms with Crippen molar-refractivity contribution in [3.05, 3.63) is 0 Å². The van der Waals surface area contributed by atoms with Crippen LogP contribution in [0.3, 0.4) is 0 Å². The third-order valence-electron chi connectivity index (χ3n) is 3.73. The van der Waals surface area contributed by atoms with Gasteiger partial charge in [-0.1, -0.05) is 13.8 Å². The van der Waals surface area contributed by atoms with E-state index in [1.54, 1.807) is 0 Å². The fraction of sp³-hybridized carbons (Fsp3) is 0.938. The van der Waals surface area contributed by atoms with Gasteiger partial charge < -0.3 is 15.0 Å². The van der Waals surface area contributed by atoms with Crippen LogP contribution in [-0.2, 0) is 9.53 Å². The first kappa shape index (κ1) is 19.4. The molecule has 0 bridgehead atoms. The van der Waals surface area contributed by atoms with Gasteiger partial charge >= 0.3 is 5.97 Å². The zero-order valence-corrected chi connectivity index (χ0v) is 14.5. The Labute approximate surface area is 125 Å². The molecular formula is C16H34N2O2. The van der Waals surface area contributed by atoms with E-state index in [-0.39, 0.29) is 5.97 Å². The summed E-state index contributed by atoms with van der Waals surface area (Å²) in [5.74, 6) is 0.514. The molecule has 0 saturated carbocycles. The van der Waals surface area contributed by atoms with Gasteiger partial charge in [-0.15, -0.1) is 0 Å². The van der Waals surface area contributed by atoms with Crippen molar-refractivity contribution in [2.24, 2.45) is 5.92 Å². The Morgan fingerprint density at radius 1 is 1.30 bits per heavy atom. The van der Waals surface area contributed by atoms with Crippen molar-refractivity contribution < 1.29 is 9.53 Å². The fourth-order valence-electron chi connectivity index (χ4n) is 2.28. The number of ether oxygens (including phenoxy) is 1. The topological polar surface area (TPSA) is 41.6 Å². The van der Waals surface area contributed by atoms with Crippen LogP contribution in [0.5, 0.6) is 0 Å². The van der Waals surface area contributed by atoms with Crippen LogP contribution in [0.15, 0.2) is 0 Å². The van der Waals surface area contributed by atoms with E-state index in [4.69, 9.17) is 4.74 Å². The summed E-state index contributed by atoms with van der Waals surface area (Å²) in [6.07, 6.45) is 1.78. The molecular weight excluding hydrogens is 252 g/mol. The second kappa shape index (κ2) is 9.35. The second-order valence-corrected chi connectivity index (χ2v) is 6.39. The Morgan fingerprint density at radius 2 is 1.90 bits per heavy atom. The molecule has 4 nitrogen and oxygen atoms in total. The average Bonchev–Trinajstić information content (AvgIpc) is 2.36. The van der Waals surface area contributed by atoms with E-state index in [0.29, 0.717) is 18.6 Å². The van der Waals surface area contributed by atoms with Gasteiger partial charge in [-0.3, -0.25) is 4.79 Å². The van der Waals surface area contributed by atoms with Crippen LogP contribution in [0.2, 0.25) is 0 Å². The molecule has 0 saturated heterocycles. The molecule has 120 valence electrons. The first-order valence-electron chi connectivity index (χ1n) is 7.87. The van der Waals surface area contributed by atoms with Gasteiger partial charge in [0.25, 0.3) is 0 Å². The van der Waals surface area contributed by atoms with Gasteiger partial charge in [0.05, 0.1) is 6.61 Å². The molecule has 0 rings (SSSR count). The van der Waals surface area contributed by atoms with E-state index in [2.05, 4.69) is 37.9 Å². The number of hydrogen-bond donors (Lipinski definition) is 1. The molecule has 0 fully saturated rings. The number of likely N-dealkylation sites (N-methyl/N-ethyl adjacent to an activating group) is 1. The SMILES string of the molecule is CCOC(=O)C(C)(CCCN(CC(C)C)C(C)C)NC. The Balaban J connectivity index is 4.38. The average molecular weight is 286 g/mol. The van der Waals surface area contributed by atoms with Crippen molar-refractivity contribution in [1.29, 1.82) is 0 Å². The number of nitrogens with one attached hydrogen (secondary N) is 1. The van der Waals surface area contributed by atoms with Crippen molar-refractivity contribution in [3.63, 3.8) is 0 Å². The summed E-state index contributed by atoms with van der Waals surface area (Å²) in [5, 5.41) is 3.11. The van der Waals surface area contributed by atoms with E-state index in [1.807, 2.05) is 20.9 Å². The molecule has 0 aromatic heterocycles. The van der Waals surface area contributed by atoms with Gasteiger partial charge in [0.15, 0.2) is 0 Å². The Morgan fingerprint density at radius 3 is 2.30 bits per heavy atom. The summed E-state index contributed by atoms with van der Waals surface area (Å²) in [5.41, 5.74) is -0.573. The van der Waals surface area contributed by atoms with Crippen molar-refractivity contribution in [2.75, 3.05) is 26.7 Å². The minimum absolute atomic E-state index is 0.151. The zero-order chi connectivity index (χ0) is 15.8. The molecule has 0 aromatic carbocycles. The lowest BCUT2D eigenvalue weighted by atomic mass is 9.95. The minimum Gasteiger partial charge on any atom is -0.465 e. The van der Waals surface area contributed by atoms with Gasteiger partial charge in [0.1, 0.15) is 5.54 Å². The van der Waals surface area contributed by atoms with Crippen LogP contribution in [0, 0.1) is 5.92 Å². The Kier molecular flexibility index (Phi) is 9.06. The van der Waals surface area contributed by atoms with Crippen LogP contribution in [0.25, 0.3) is 0 Å². The van der Waals surface area contributed by atoms with Crippen molar-refractivity contribution >= 4 is 5.97 Å². The molecule has 4 heteroatoms. The number of carbonyl (C=O) groups excluding carboxylic acids is 1. The molecule has 1 unspecified atom stereocenters. The smallest absolute Gasteiger partial charge is 0.326 e. The van der Waals surface area contributed by atoms with Crippen LogP contribution >= 0.6 is 0 Å². The third-order valence-corrected chi connectivity index (χ3v) is 3.73. The van der Waals surface area contributed by atoms with E-state index < -0.39 is 5.54 Å². The van der Waals surface area contributed by atoms with E-state index >= 15 is 0 Å². The number of carbonyl (C=O) groups is 1. The highest BCUT2D eigenvalue weighted by Crippen LogP contribution is 2.16. The molecule has 0 radical (unpaired) electrons. The number of esters is 1. The zero-order valence-electron chi connectivity index (χ0n) is 14.5.